The van der Waals surface area contributed by atoms with Crippen LogP contribution in [0.25, 0.3) is 6.08 Å². The van der Waals surface area contributed by atoms with E-state index in [4.69, 9.17) is 4.74 Å². The first-order chi connectivity index (χ1) is 20.1. The SMILES string of the molecule is C=Cc1cccc(C(C(=O)NCc2ccccc2)N(C(=O)C(Cc2ccccc2)NC(=O)OC(C)(C)C)C2CCC2)c1. The van der Waals surface area contributed by atoms with Gasteiger partial charge in [-0.25, -0.2) is 4.79 Å². The first-order valence-corrected chi connectivity index (χ1v) is 14.5. The zero-order chi connectivity index (χ0) is 30.1. The van der Waals surface area contributed by atoms with Crippen molar-refractivity contribution >= 4 is 24.0 Å². The van der Waals surface area contributed by atoms with E-state index in [9.17, 15) is 14.4 Å². The van der Waals surface area contributed by atoms with Crippen LogP contribution in [0.1, 0.15) is 68.3 Å². The Labute approximate surface area is 249 Å². The van der Waals surface area contributed by atoms with Gasteiger partial charge in [0.2, 0.25) is 11.8 Å². The fraction of sp³-hybridized carbons (Fsp3) is 0.343. The maximum Gasteiger partial charge on any atom is 0.408 e. The Morgan fingerprint density at radius 2 is 1.60 bits per heavy atom. The van der Waals surface area contributed by atoms with Gasteiger partial charge < -0.3 is 20.3 Å². The molecule has 0 aromatic heterocycles. The summed E-state index contributed by atoms with van der Waals surface area (Å²) in [4.78, 5) is 43.3. The van der Waals surface area contributed by atoms with E-state index < -0.39 is 23.8 Å². The molecule has 220 valence electrons. The number of nitrogens with zero attached hydrogens (tertiary/aromatic N) is 1. The minimum absolute atomic E-state index is 0.143. The third-order valence-electron chi connectivity index (χ3n) is 7.29. The molecule has 7 heteroatoms. The molecule has 2 N–H and O–H groups in total. The number of hydrogen-bond donors (Lipinski definition) is 2. The number of nitrogens with one attached hydrogen (secondary N) is 2. The van der Waals surface area contributed by atoms with Crippen molar-refractivity contribution in [3.05, 3.63) is 114 Å². The summed E-state index contributed by atoms with van der Waals surface area (Å²) in [5, 5.41) is 5.89. The van der Waals surface area contributed by atoms with E-state index in [1.807, 2.05) is 84.9 Å². The Kier molecular flexibility index (Phi) is 10.2. The molecule has 0 aliphatic heterocycles. The van der Waals surface area contributed by atoms with Crippen molar-refractivity contribution in [1.29, 1.82) is 0 Å². The predicted octanol–water partition coefficient (Wildman–Crippen LogP) is 6.20. The van der Waals surface area contributed by atoms with Crippen LogP contribution in [0.4, 0.5) is 4.79 Å². The molecule has 3 aromatic carbocycles. The van der Waals surface area contributed by atoms with Crippen molar-refractivity contribution < 1.29 is 19.1 Å². The minimum atomic E-state index is -0.935. The number of hydrogen-bond acceptors (Lipinski definition) is 4. The Morgan fingerprint density at radius 3 is 2.17 bits per heavy atom. The summed E-state index contributed by atoms with van der Waals surface area (Å²) < 4.78 is 5.54. The molecule has 7 nitrogen and oxygen atoms in total. The molecule has 3 aromatic rings. The summed E-state index contributed by atoms with van der Waals surface area (Å²) in [6, 6.07) is 24.8. The molecular weight excluding hydrogens is 526 g/mol. The van der Waals surface area contributed by atoms with Crippen LogP contribution in [-0.4, -0.2) is 40.5 Å². The van der Waals surface area contributed by atoms with Gasteiger partial charge in [0.25, 0.3) is 0 Å². The highest BCUT2D eigenvalue weighted by Crippen LogP contribution is 2.34. The van der Waals surface area contributed by atoms with Crippen molar-refractivity contribution in [2.45, 2.75) is 76.7 Å². The second kappa shape index (κ2) is 14.0. The van der Waals surface area contributed by atoms with Crippen LogP contribution in [0.5, 0.6) is 0 Å². The number of rotatable bonds is 11. The van der Waals surface area contributed by atoms with Gasteiger partial charge in [-0.3, -0.25) is 9.59 Å². The topological polar surface area (TPSA) is 87.7 Å². The predicted molar refractivity (Wildman–Crippen MR) is 165 cm³/mol. The molecular formula is C35H41N3O4. The smallest absolute Gasteiger partial charge is 0.408 e. The third-order valence-corrected chi connectivity index (χ3v) is 7.29. The summed E-state index contributed by atoms with van der Waals surface area (Å²) in [5.74, 6) is -0.602. The van der Waals surface area contributed by atoms with Crippen LogP contribution in [0, 0.1) is 0 Å². The van der Waals surface area contributed by atoms with Gasteiger partial charge in [0.1, 0.15) is 17.7 Å². The van der Waals surface area contributed by atoms with Crippen LogP contribution in [0.3, 0.4) is 0 Å². The van der Waals surface area contributed by atoms with E-state index in [2.05, 4.69) is 17.2 Å². The average Bonchev–Trinajstić information content (AvgIpc) is 2.94. The zero-order valence-electron chi connectivity index (χ0n) is 24.7. The lowest BCUT2D eigenvalue weighted by Gasteiger charge is -2.43. The van der Waals surface area contributed by atoms with E-state index in [0.29, 0.717) is 12.1 Å². The Balaban J connectivity index is 1.72. The lowest BCUT2D eigenvalue weighted by Crippen LogP contribution is -2.58. The lowest BCUT2D eigenvalue weighted by atomic mass is 9.87. The molecule has 1 fully saturated rings. The first-order valence-electron chi connectivity index (χ1n) is 14.5. The van der Waals surface area contributed by atoms with E-state index >= 15 is 0 Å². The normalized spacial score (nSPS) is 14.5. The highest BCUT2D eigenvalue weighted by Gasteiger charge is 2.42. The van der Waals surface area contributed by atoms with E-state index in [1.165, 1.54) is 0 Å². The maximum absolute atomic E-state index is 14.6. The number of benzene rings is 3. The summed E-state index contributed by atoms with van der Waals surface area (Å²) in [6.45, 7) is 9.55. The maximum atomic E-state index is 14.6. The molecule has 0 saturated heterocycles. The van der Waals surface area contributed by atoms with Crippen molar-refractivity contribution in [2.24, 2.45) is 0 Å². The number of amides is 3. The Morgan fingerprint density at radius 1 is 0.952 bits per heavy atom. The first kappa shape index (κ1) is 30.6. The molecule has 1 aliphatic rings. The second-order valence-electron chi connectivity index (χ2n) is 11.7. The van der Waals surface area contributed by atoms with Gasteiger partial charge in [-0.05, 0) is 68.4 Å². The average molecular weight is 568 g/mol. The van der Waals surface area contributed by atoms with E-state index in [1.54, 1.807) is 31.7 Å². The molecule has 1 saturated carbocycles. The molecule has 2 unspecified atom stereocenters. The van der Waals surface area contributed by atoms with Crippen molar-refractivity contribution in [3.63, 3.8) is 0 Å². The van der Waals surface area contributed by atoms with Gasteiger partial charge in [0, 0.05) is 19.0 Å². The monoisotopic (exact) mass is 567 g/mol. The van der Waals surface area contributed by atoms with Crippen LogP contribution in [0.15, 0.2) is 91.5 Å². The van der Waals surface area contributed by atoms with Gasteiger partial charge in [-0.2, -0.15) is 0 Å². The van der Waals surface area contributed by atoms with Crippen molar-refractivity contribution in [3.8, 4) is 0 Å². The van der Waals surface area contributed by atoms with Crippen LogP contribution >= 0.6 is 0 Å². The van der Waals surface area contributed by atoms with E-state index in [-0.39, 0.29) is 24.3 Å². The number of carbonyl (C=O) groups is 3. The molecule has 1 aliphatic carbocycles. The van der Waals surface area contributed by atoms with Gasteiger partial charge in [-0.1, -0.05) is 91.5 Å². The quantitative estimate of drug-likeness (QED) is 0.289. The summed E-state index contributed by atoms with van der Waals surface area (Å²) in [5.41, 5.74) is 2.65. The van der Waals surface area contributed by atoms with Gasteiger partial charge in [0.15, 0.2) is 0 Å². The summed E-state index contributed by atoms with van der Waals surface area (Å²) in [7, 11) is 0. The molecule has 0 heterocycles. The lowest BCUT2D eigenvalue weighted by molar-refractivity contribution is -0.147. The molecule has 3 amide bonds. The standard InChI is InChI=1S/C35H41N3O4/c1-5-25-18-12-19-28(22-25)31(32(39)36-24-27-16-10-7-11-17-27)38(29-20-13-21-29)33(40)30(23-26-14-8-6-9-15-26)37-34(41)42-35(2,3)4/h5-12,14-19,22,29-31H,1,13,20-21,23-24H2,2-4H3,(H,36,39)(H,37,41). The third kappa shape index (κ3) is 8.32. The summed E-state index contributed by atoms with van der Waals surface area (Å²) >= 11 is 0. The molecule has 4 rings (SSSR count). The largest absolute Gasteiger partial charge is 0.444 e. The Hall–Kier alpha value is -4.39. The number of alkyl carbamates (subject to hydrolysis) is 1. The molecule has 0 radical (unpaired) electrons. The number of carbonyl (C=O) groups excluding carboxylic acids is 3. The van der Waals surface area contributed by atoms with Gasteiger partial charge >= 0.3 is 6.09 Å². The minimum Gasteiger partial charge on any atom is -0.444 e. The summed E-state index contributed by atoms with van der Waals surface area (Å²) in [6.07, 6.45) is 3.82. The molecule has 0 spiro atoms. The van der Waals surface area contributed by atoms with Crippen LogP contribution in [-0.2, 0) is 27.3 Å². The van der Waals surface area contributed by atoms with E-state index in [0.717, 1.165) is 36.0 Å². The van der Waals surface area contributed by atoms with Crippen molar-refractivity contribution in [1.82, 2.24) is 15.5 Å². The Bertz CT molecular complexity index is 1360. The molecule has 2 atom stereocenters. The zero-order valence-corrected chi connectivity index (χ0v) is 24.7. The fourth-order valence-electron chi connectivity index (χ4n) is 5.04. The highest BCUT2D eigenvalue weighted by atomic mass is 16.6. The van der Waals surface area contributed by atoms with Crippen LogP contribution < -0.4 is 10.6 Å². The number of ether oxygens (including phenoxy) is 1. The fourth-order valence-corrected chi connectivity index (χ4v) is 5.04. The highest BCUT2D eigenvalue weighted by molar-refractivity contribution is 5.92. The molecule has 42 heavy (non-hydrogen) atoms. The second-order valence-corrected chi connectivity index (χ2v) is 11.7. The molecule has 0 bridgehead atoms. The van der Waals surface area contributed by atoms with Gasteiger partial charge in [-0.15, -0.1) is 0 Å². The van der Waals surface area contributed by atoms with Gasteiger partial charge in [0.05, 0.1) is 0 Å². The van der Waals surface area contributed by atoms with Crippen molar-refractivity contribution in [2.75, 3.05) is 0 Å². The van der Waals surface area contributed by atoms with Crippen LogP contribution in [0.2, 0.25) is 0 Å².